The maximum atomic E-state index is 6.05. The van der Waals surface area contributed by atoms with Crippen LogP contribution in [0.15, 0.2) is 54.6 Å². The molecule has 0 heterocycles. The van der Waals surface area contributed by atoms with Gasteiger partial charge in [0.1, 0.15) is 0 Å². The van der Waals surface area contributed by atoms with Gasteiger partial charge in [0.25, 0.3) is 0 Å². The van der Waals surface area contributed by atoms with Crippen LogP contribution >= 0.6 is 11.6 Å². The molecule has 0 unspecified atom stereocenters. The largest absolute Gasteiger partial charge is 0.385 e. The summed E-state index contributed by atoms with van der Waals surface area (Å²) in [5.41, 5.74) is 2.19. The molecule has 0 aliphatic rings. The van der Waals surface area contributed by atoms with Gasteiger partial charge in [-0.3, -0.25) is 0 Å². The molecule has 19 heavy (non-hydrogen) atoms. The molecule has 0 saturated carbocycles. The normalized spacial score (nSPS) is 10.4. The summed E-state index contributed by atoms with van der Waals surface area (Å²) in [5.74, 6) is 0. The molecule has 100 valence electrons. The lowest BCUT2D eigenvalue weighted by molar-refractivity contribution is 0.120. The third kappa shape index (κ3) is 4.93. The summed E-state index contributed by atoms with van der Waals surface area (Å²) in [6.07, 6.45) is 0.972. The third-order valence-electron chi connectivity index (χ3n) is 2.78. The van der Waals surface area contributed by atoms with Crippen LogP contribution in [0.3, 0.4) is 0 Å². The monoisotopic (exact) mass is 275 g/mol. The van der Waals surface area contributed by atoms with Gasteiger partial charge in [0.15, 0.2) is 0 Å². The number of hydrogen-bond donors (Lipinski definition) is 1. The summed E-state index contributed by atoms with van der Waals surface area (Å²) < 4.78 is 5.61. The van der Waals surface area contributed by atoms with E-state index in [1.165, 1.54) is 0 Å². The van der Waals surface area contributed by atoms with Crippen molar-refractivity contribution in [1.82, 2.24) is 0 Å². The van der Waals surface area contributed by atoms with E-state index in [1.807, 2.05) is 42.5 Å². The van der Waals surface area contributed by atoms with E-state index in [9.17, 15) is 0 Å². The van der Waals surface area contributed by atoms with E-state index in [0.717, 1.165) is 35.8 Å². The van der Waals surface area contributed by atoms with E-state index >= 15 is 0 Å². The van der Waals surface area contributed by atoms with Crippen LogP contribution in [0, 0.1) is 0 Å². The summed E-state index contributed by atoms with van der Waals surface area (Å²) in [6, 6.07) is 18.0. The molecule has 0 aromatic heterocycles. The molecule has 2 rings (SSSR count). The molecule has 0 atom stereocenters. The molecular weight excluding hydrogens is 258 g/mol. The number of benzene rings is 2. The predicted octanol–water partition coefficient (Wildman–Crippen LogP) is 4.36. The van der Waals surface area contributed by atoms with Crippen LogP contribution in [0.25, 0.3) is 0 Å². The van der Waals surface area contributed by atoms with Crippen molar-refractivity contribution < 1.29 is 4.74 Å². The van der Waals surface area contributed by atoms with E-state index in [-0.39, 0.29) is 0 Å². The molecule has 0 spiro atoms. The maximum absolute atomic E-state index is 6.05. The number of para-hydroxylation sites is 1. The first-order valence-corrected chi connectivity index (χ1v) is 6.84. The zero-order valence-electron chi connectivity index (χ0n) is 10.8. The molecule has 0 fully saturated rings. The van der Waals surface area contributed by atoms with Gasteiger partial charge in [-0.1, -0.05) is 48.0 Å². The molecule has 3 heteroatoms. The van der Waals surface area contributed by atoms with Crippen molar-refractivity contribution in [2.45, 2.75) is 13.0 Å². The van der Waals surface area contributed by atoms with Gasteiger partial charge >= 0.3 is 0 Å². The van der Waals surface area contributed by atoms with Gasteiger partial charge in [0.2, 0.25) is 0 Å². The average molecular weight is 276 g/mol. The maximum Gasteiger partial charge on any atom is 0.0731 e. The van der Waals surface area contributed by atoms with Crippen LogP contribution in [-0.2, 0) is 11.3 Å². The minimum Gasteiger partial charge on any atom is -0.385 e. The Hall–Kier alpha value is -1.51. The van der Waals surface area contributed by atoms with Crippen molar-refractivity contribution in [2.24, 2.45) is 0 Å². The van der Waals surface area contributed by atoms with Crippen molar-refractivity contribution >= 4 is 17.3 Å². The zero-order chi connectivity index (χ0) is 13.3. The van der Waals surface area contributed by atoms with Gasteiger partial charge < -0.3 is 10.1 Å². The van der Waals surface area contributed by atoms with Crippen molar-refractivity contribution in [3.63, 3.8) is 0 Å². The summed E-state index contributed by atoms with van der Waals surface area (Å²) in [6.45, 7) is 2.21. The fourth-order valence-corrected chi connectivity index (χ4v) is 1.95. The highest BCUT2D eigenvalue weighted by Crippen LogP contribution is 2.15. The first kappa shape index (κ1) is 13.9. The Morgan fingerprint density at radius 2 is 1.68 bits per heavy atom. The fourth-order valence-electron chi connectivity index (χ4n) is 1.76. The first-order chi connectivity index (χ1) is 9.36. The summed E-state index contributed by atoms with van der Waals surface area (Å²) in [5, 5.41) is 4.12. The first-order valence-electron chi connectivity index (χ1n) is 6.46. The number of rotatable bonds is 7. The van der Waals surface area contributed by atoms with Crippen LogP contribution in [0.5, 0.6) is 0 Å². The molecule has 0 radical (unpaired) electrons. The molecule has 1 N–H and O–H groups in total. The quantitative estimate of drug-likeness (QED) is 0.758. The molecule has 2 aromatic rings. The van der Waals surface area contributed by atoms with Gasteiger partial charge in [-0.05, 0) is 30.2 Å². The SMILES string of the molecule is Clc1ccccc1COCCCNc1ccccc1. The molecule has 0 amide bonds. The second kappa shape index (κ2) is 7.82. The molecule has 2 aromatic carbocycles. The number of nitrogens with one attached hydrogen (secondary N) is 1. The lowest BCUT2D eigenvalue weighted by atomic mass is 10.2. The van der Waals surface area contributed by atoms with Crippen LogP contribution in [0.2, 0.25) is 5.02 Å². The Kier molecular flexibility index (Phi) is 5.73. The lowest BCUT2D eigenvalue weighted by Crippen LogP contribution is -2.05. The van der Waals surface area contributed by atoms with Crippen LogP contribution < -0.4 is 5.32 Å². The number of anilines is 1. The van der Waals surface area contributed by atoms with E-state index in [4.69, 9.17) is 16.3 Å². The summed E-state index contributed by atoms with van der Waals surface area (Å²) >= 11 is 6.05. The van der Waals surface area contributed by atoms with Crippen molar-refractivity contribution in [2.75, 3.05) is 18.5 Å². The van der Waals surface area contributed by atoms with E-state index < -0.39 is 0 Å². The van der Waals surface area contributed by atoms with Gasteiger partial charge in [-0.25, -0.2) is 0 Å². The molecule has 0 saturated heterocycles. The highest BCUT2D eigenvalue weighted by molar-refractivity contribution is 6.31. The topological polar surface area (TPSA) is 21.3 Å². The molecule has 0 aliphatic carbocycles. The average Bonchev–Trinajstić information content (AvgIpc) is 2.45. The van der Waals surface area contributed by atoms with E-state index in [1.54, 1.807) is 0 Å². The Bertz CT molecular complexity index is 487. The minimum absolute atomic E-state index is 0.574. The highest BCUT2D eigenvalue weighted by Gasteiger charge is 1.98. The van der Waals surface area contributed by atoms with Gasteiger partial charge in [-0.2, -0.15) is 0 Å². The summed E-state index contributed by atoms with van der Waals surface area (Å²) in [4.78, 5) is 0. The van der Waals surface area contributed by atoms with Crippen LogP contribution in [-0.4, -0.2) is 13.2 Å². The molecular formula is C16H18ClNO. The standard InChI is InChI=1S/C16H18ClNO/c17-16-10-5-4-7-14(16)13-19-12-6-11-18-15-8-2-1-3-9-15/h1-5,7-10,18H,6,11-13H2. The number of hydrogen-bond acceptors (Lipinski definition) is 2. The Labute approximate surface area is 119 Å². The molecule has 0 aliphatic heterocycles. The van der Waals surface area contributed by atoms with Crippen LogP contribution in [0.1, 0.15) is 12.0 Å². The Balaban J connectivity index is 1.59. The minimum atomic E-state index is 0.574. The van der Waals surface area contributed by atoms with Gasteiger partial charge in [0.05, 0.1) is 6.61 Å². The highest BCUT2D eigenvalue weighted by atomic mass is 35.5. The molecule has 2 nitrogen and oxygen atoms in total. The van der Waals surface area contributed by atoms with Crippen molar-refractivity contribution in [3.8, 4) is 0 Å². The predicted molar refractivity (Wildman–Crippen MR) is 80.7 cm³/mol. The van der Waals surface area contributed by atoms with Crippen LogP contribution in [0.4, 0.5) is 5.69 Å². The van der Waals surface area contributed by atoms with Gasteiger partial charge in [-0.15, -0.1) is 0 Å². The van der Waals surface area contributed by atoms with Crippen molar-refractivity contribution in [3.05, 3.63) is 65.2 Å². The smallest absolute Gasteiger partial charge is 0.0731 e. The number of halogens is 1. The summed E-state index contributed by atoms with van der Waals surface area (Å²) in [7, 11) is 0. The van der Waals surface area contributed by atoms with Crippen molar-refractivity contribution in [1.29, 1.82) is 0 Å². The third-order valence-corrected chi connectivity index (χ3v) is 3.15. The Morgan fingerprint density at radius 1 is 0.947 bits per heavy atom. The second-order valence-corrected chi connectivity index (χ2v) is 4.70. The Morgan fingerprint density at radius 3 is 2.47 bits per heavy atom. The van der Waals surface area contributed by atoms with E-state index in [2.05, 4.69) is 17.4 Å². The lowest BCUT2D eigenvalue weighted by Gasteiger charge is -2.08. The van der Waals surface area contributed by atoms with Gasteiger partial charge in [0, 0.05) is 23.9 Å². The van der Waals surface area contributed by atoms with E-state index in [0.29, 0.717) is 6.61 Å². The number of ether oxygens (including phenoxy) is 1. The molecule has 0 bridgehead atoms. The fraction of sp³-hybridized carbons (Fsp3) is 0.250. The zero-order valence-corrected chi connectivity index (χ0v) is 11.6. The second-order valence-electron chi connectivity index (χ2n) is 4.29.